The highest BCUT2D eigenvalue weighted by Gasteiger charge is 2.67. The Bertz CT molecular complexity index is 162. The van der Waals surface area contributed by atoms with Gasteiger partial charge in [-0.15, -0.1) is 0 Å². The van der Waals surface area contributed by atoms with E-state index in [1.165, 1.54) is 0 Å². The standard InChI is InChI=1S/C7H11FO2/c1-4-5(3-9)10-6-2-7(4,6)8/h4-6,9H,2-3H2,1H3/t4?,5-,6+,7?/m1/s1. The lowest BCUT2D eigenvalue weighted by molar-refractivity contribution is 0.0107. The molecule has 0 radical (unpaired) electrons. The molecular formula is C7H11FO2. The fraction of sp³-hybridized carbons (Fsp3) is 1.00. The minimum atomic E-state index is -1.09. The Labute approximate surface area is 59.0 Å². The van der Waals surface area contributed by atoms with Crippen LogP contribution in [0.1, 0.15) is 13.3 Å². The molecule has 1 heterocycles. The zero-order valence-electron chi connectivity index (χ0n) is 5.88. The number of hydrogen-bond donors (Lipinski definition) is 1. The van der Waals surface area contributed by atoms with Crippen molar-refractivity contribution >= 4 is 0 Å². The molecule has 0 aromatic rings. The van der Waals surface area contributed by atoms with Crippen LogP contribution in [0.3, 0.4) is 0 Å². The third-order valence-electron chi connectivity index (χ3n) is 2.71. The summed E-state index contributed by atoms with van der Waals surface area (Å²) in [6.07, 6.45) is 0.0633. The topological polar surface area (TPSA) is 29.5 Å². The summed E-state index contributed by atoms with van der Waals surface area (Å²) in [6.45, 7) is 1.75. The largest absolute Gasteiger partial charge is 0.394 e. The van der Waals surface area contributed by atoms with Crippen LogP contribution in [0, 0.1) is 5.92 Å². The summed E-state index contributed by atoms with van der Waals surface area (Å²) < 4.78 is 18.5. The van der Waals surface area contributed by atoms with Gasteiger partial charge >= 0.3 is 0 Å². The van der Waals surface area contributed by atoms with E-state index in [2.05, 4.69) is 0 Å². The van der Waals surface area contributed by atoms with Crippen LogP contribution < -0.4 is 0 Å². The highest BCUT2D eigenvalue weighted by molar-refractivity contribution is 5.15. The molecule has 3 heteroatoms. The molecule has 2 nitrogen and oxygen atoms in total. The van der Waals surface area contributed by atoms with Crippen molar-refractivity contribution in [3.05, 3.63) is 0 Å². The Morgan fingerprint density at radius 2 is 2.50 bits per heavy atom. The first-order valence-corrected chi connectivity index (χ1v) is 3.63. The SMILES string of the molecule is CC1[C@@H](CO)O[C@H]2CC12F. The second kappa shape index (κ2) is 1.71. The minimum absolute atomic E-state index is 0.0522. The van der Waals surface area contributed by atoms with Gasteiger partial charge in [-0.2, -0.15) is 0 Å². The summed E-state index contributed by atoms with van der Waals surface area (Å²) in [6, 6.07) is 0. The second-order valence-corrected chi connectivity index (χ2v) is 3.27. The average Bonchev–Trinajstić information content (AvgIpc) is 2.51. The first-order chi connectivity index (χ1) is 4.68. The fourth-order valence-corrected chi connectivity index (χ4v) is 1.70. The smallest absolute Gasteiger partial charge is 0.144 e. The Morgan fingerprint density at radius 3 is 2.80 bits per heavy atom. The molecule has 1 aliphatic carbocycles. The quantitative estimate of drug-likeness (QED) is 0.583. The summed E-state index contributed by atoms with van der Waals surface area (Å²) in [7, 11) is 0. The van der Waals surface area contributed by atoms with Crippen LogP contribution in [0.2, 0.25) is 0 Å². The van der Waals surface area contributed by atoms with Gasteiger partial charge in [-0.25, -0.2) is 4.39 Å². The van der Waals surface area contributed by atoms with Gasteiger partial charge in [-0.3, -0.25) is 0 Å². The first-order valence-electron chi connectivity index (χ1n) is 3.63. The normalized spacial score (nSPS) is 58.5. The van der Waals surface area contributed by atoms with Gasteiger partial charge in [0.1, 0.15) is 5.67 Å². The molecule has 4 atom stereocenters. The average molecular weight is 146 g/mol. The van der Waals surface area contributed by atoms with Crippen molar-refractivity contribution in [2.45, 2.75) is 31.2 Å². The maximum absolute atomic E-state index is 13.3. The lowest BCUT2D eigenvalue weighted by Crippen LogP contribution is -2.26. The van der Waals surface area contributed by atoms with Crippen LogP contribution >= 0.6 is 0 Å². The molecule has 1 saturated heterocycles. The van der Waals surface area contributed by atoms with Gasteiger partial charge in [-0.1, -0.05) is 6.92 Å². The van der Waals surface area contributed by atoms with Crippen molar-refractivity contribution in [1.82, 2.24) is 0 Å². The molecule has 58 valence electrons. The maximum Gasteiger partial charge on any atom is 0.144 e. The number of fused-ring (bicyclic) bond motifs is 1. The van der Waals surface area contributed by atoms with Crippen LogP contribution in [0.4, 0.5) is 4.39 Å². The summed E-state index contributed by atoms with van der Waals surface area (Å²) in [5.74, 6) is -0.123. The molecule has 1 aliphatic heterocycles. The number of aliphatic hydroxyl groups is 1. The molecule has 0 bridgehead atoms. The Hall–Kier alpha value is -0.150. The van der Waals surface area contributed by atoms with E-state index in [-0.39, 0.29) is 24.7 Å². The van der Waals surface area contributed by atoms with Crippen molar-refractivity contribution in [3.63, 3.8) is 0 Å². The predicted molar refractivity (Wildman–Crippen MR) is 33.4 cm³/mol. The molecule has 2 aliphatic rings. The number of rotatable bonds is 1. The third kappa shape index (κ3) is 0.596. The minimum Gasteiger partial charge on any atom is -0.394 e. The lowest BCUT2D eigenvalue weighted by Gasteiger charge is -2.15. The van der Waals surface area contributed by atoms with Gasteiger partial charge in [0.2, 0.25) is 0 Å². The summed E-state index contributed by atoms with van der Waals surface area (Å²) in [5, 5.41) is 8.70. The molecular weight excluding hydrogens is 135 g/mol. The molecule has 2 fully saturated rings. The molecule has 0 aromatic carbocycles. The highest BCUT2D eigenvalue weighted by atomic mass is 19.1. The first kappa shape index (κ1) is 6.55. The van der Waals surface area contributed by atoms with Gasteiger partial charge in [0.05, 0.1) is 18.8 Å². The molecule has 0 spiro atoms. The molecule has 0 aromatic heterocycles. The zero-order chi connectivity index (χ0) is 7.35. The van der Waals surface area contributed by atoms with E-state index in [0.717, 1.165) is 0 Å². The zero-order valence-corrected chi connectivity index (χ0v) is 5.88. The number of halogens is 1. The number of aliphatic hydroxyl groups excluding tert-OH is 1. The van der Waals surface area contributed by atoms with Crippen LogP contribution in [-0.2, 0) is 4.74 Å². The van der Waals surface area contributed by atoms with Crippen molar-refractivity contribution in [2.75, 3.05) is 6.61 Å². The van der Waals surface area contributed by atoms with Gasteiger partial charge in [0.25, 0.3) is 0 Å². The maximum atomic E-state index is 13.3. The van der Waals surface area contributed by atoms with E-state index in [0.29, 0.717) is 6.42 Å². The summed E-state index contributed by atoms with van der Waals surface area (Å²) in [5.41, 5.74) is -1.09. The molecule has 1 saturated carbocycles. The third-order valence-corrected chi connectivity index (χ3v) is 2.71. The number of alkyl halides is 1. The Morgan fingerprint density at radius 1 is 1.80 bits per heavy atom. The van der Waals surface area contributed by atoms with Gasteiger partial charge in [0, 0.05) is 12.3 Å². The van der Waals surface area contributed by atoms with E-state index in [9.17, 15) is 4.39 Å². The van der Waals surface area contributed by atoms with Crippen LogP contribution in [0.5, 0.6) is 0 Å². The van der Waals surface area contributed by atoms with Gasteiger partial charge < -0.3 is 9.84 Å². The van der Waals surface area contributed by atoms with E-state index >= 15 is 0 Å². The van der Waals surface area contributed by atoms with Crippen molar-refractivity contribution in [2.24, 2.45) is 5.92 Å². The molecule has 0 amide bonds. The van der Waals surface area contributed by atoms with Crippen LogP contribution in [0.25, 0.3) is 0 Å². The fourth-order valence-electron chi connectivity index (χ4n) is 1.70. The van der Waals surface area contributed by atoms with E-state index in [4.69, 9.17) is 9.84 Å². The second-order valence-electron chi connectivity index (χ2n) is 3.27. The van der Waals surface area contributed by atoms with Crippen molar-refractivity contribution < 1.29 is 14.2 Å². The molecule has 2 rings (SSSR count). The Kier molecular flexibility index (Phi) is 1.12. The number of hydrogen-bond acceptors (Lipinski definition) is 2. The Balaban J connectivity index is 2.09. The van der Waals surface area contributed by atoms with Crippen LogP contribution in [0.15, 0.2) is 0 Å². The monoisotopic (exact) mass is 146 g/mol. The molecule has 2 unspecified atom stereocenters. The number of ether oxygens (including phenoxy) is 1. The van der Waals surface area contributed by atoms with Crippen molar-refractivity contribution in [3.8, 4) is 0 Å². The van der Waals surface area contributed by atoms with Gasteiger partial charge in [0.15, 0.2) is 0 Å². The van der Waals surface area contributed by atoms with E-state index in [1.54, 1.807) is 6.92 Å². The van der Waals surface area contributed by atoms with Crippen LogP contribution in [-0.4, -0.2) is 29.6 Å². The highest BCUT2D eigenvalue weighted by Crippen LogP contribution is 2.56. The summed E-state index contributed by atoms with van der Waals surface area (Å²) in [4.78, 5) is 0. The predicted octanol–water partition coefficient (Wildman–Crippen LogP) is 0.494. The van der Waals surface area contributed by atoms with Gasteiger partial charge in [-0.05, 0) is 0 Å². The molecule has 1 N–H and O–H groups in total. The van der Waals surface area contributed by atoms with E-state index < -0.39 is 5.67 Å². The summed E-state index contributed by atoms with van der Waals surface area (Å²) >= 11 is 0. The molecule has 10 heavy (non-hydrogen) atoms. The van der Waals surface area contributed by atoms with E-state index in [1.807, 2.05) is 0 Å². The van der Waals surface area contributed by atoms with Crippen molar-refractivity contribution in [1.29, 1.82) is 0 Å². The lowest BCUT2D eigenvalue weighted by atomic mass is 10.00.